The normalized spacial score (nSPS) is 10.7. The highest BCUT2D eigenvalue weighted by molar-refractivity contribution is 7.80. The molecule has 1 heterocycles. The molecule has 0 aliphatic heterocycles. The number of pyridine rings is 1. The second-order valence-electron chi connectivity index (χ2n) is 2.72. The molecular weight excluding hydrogens is 200 g/mol. The first-order valence-corrected chi connectivity index (χ1v) is 4.67. The predicted molar refractivity (Wildman–Crippen MR) is 58.5 cm³/mol. The lowest BCUT2D eigenvalue weighted by molar-refractivity contribution is -0.385. The maximum Gasteiger partial charge on any atom is 0.291 e. The van der Waals surface area contributed by atoms with Gasteiger partial charge in [0.05, 0.1) is 4.92 Å². The standard InChI is InChI=1S/C9H10N2O2S/c1-7-9(11(12)13)5-8(6-10-7)3-2-4-14/h2-3,5-6,14H,4H2,1H3. The van der Waals surface area contributed by atoms with Crippen molar-refractivity contribution in [2.75, 3.05) is 5.75 Å². The maximum absolute atomic E-state index is 10.6. The molecule has 0 radical (unpaired) electrons. The van der Waals surface area contributed by atoms with Gasteiger partial charge in [-0.2, -0.15) is 12.6 Å². The average molecular weight is 210 g/mol. The Kier molecular flexibility index (Phi) is 3.64. The van der Waals surface area contributed by atoms with Gasteiger partial charge in [-0.1, -0.05) is 12.2 Å². The first-order valence-electron chi connectivity index (χ1n) is 4.03. The van der Waals surface area contributed by atoms with Gasteiger partial charge in [0.1, 0.15) is 5.69 Å². The molecule has 0 N–H and O–H groups in total. The van der Waals surface area contributed by atoms with E-state index in [1.54, 1.807) is 25.3 Å². The Hall–Kier alpha value is -1.36. The smallest absolute Gasteiger partial charge is 0.258 e. The lowest BCUT2D eigenvalue weighted by atomic mass is 10.2. The molecule has 0 aromatic carbocycles. The van der Waals surface area contributed by atoms with Crippen molar-refractivity contribution in [2.24, 2.45) is 0 Å². The molecule has 0 unspecified atom stereocenters. The molecular formula is C9H10N2O2S. The highest BCUT2D eigenvalue weighted by Crippen LogP contribution is 2.17. The van der Waals surface area contributed by atoms with Crippen LogP contribution >= 0.6 is 12.6 Å². The van der Waals surface area contributed by atoms with Gasteiger partial charge in [0, 0.05) is 18.0 Å². The van der Waals surface area contributed by atoms with Crippen LogP contribution in [0.15, 0.2) is 18.3 Å². The quantitative estimate of drug-likeness (QED) is 0.473. The van der Waals surface area contributed by atoms with E-state index >= 15 is 0 Å². The highest BCUT2D eigenvalue weighted by atomic mass is 32.1. The van der Waals surface area contributed by atoms with E-state index in [1.165, 1.54) is 6.07 Å². The van der Waals surface area contributed by atoms with Crippen LogP contribution in [0, 0.1) is 17.0 Å². The summed E-state index contributed by atoms with van der Waals surface area (Å²) < 4.78 is 0. The number of nitro groups is 1. The average Bonchev–Trinajstić information content (AvgIpc) is 2.16. The summed E-state index contributed by atoms with van der Waals surface area (Å²) in [5.41, 5.74) is 1.20. The zero-order valence-electron chi connectivity index (χ0n) is 7.67. The summed E-state index contributed by atoms with van der Waals surface area (Å²) in [5, 5.41) is 10.6. The maximum atomic E-state index is 10.6. The van der Waals surface area contributed by atoms with Crippen LogP contribution in [0.4, 0.5) is 5.69 Å². The summed E-state index contributed by atoms with van der Waals surface area (Å²) >= 11 is 4.00. The number of aryl methyl sites for hydroxylation is 1. The van der Waals surface area contributed by atoms with Crippen LogP contribution in [0.5, 0.6) is 0 Å². The lowest BCUT2D eigenvalue weighted by Crippen LogP contribution is -1.94. The van der Waals surface area contributed by atoms with Crippen LogP contribution in [0.2, 0.25) is 0 Å². The molecule has 0 saturated heterocycles. The van der Waals surface area contributed by atoms with Crippen molar-refractivity contribution in [1.82, 2.24) is 4.98 Å². The Morgan fingerprint density at radius 1 is 1.71 bits per heavy atom. The van der Waals surface area contributed by atoms with Gasteiger partial charge >= 0.3 is 0 Å². The summed E-state index contributed by atoms with van der Waals surface area (Å²) in [6.07, 6.45) is 5.16. The van der Waals surface area contributed by atoms with Crippen LogP contribution in [0.25, 0.3) is 6.08 Å². The molecule has 74 valence electrons. The second kappa shape index (κ2) is 4.76. The first-order chi connectivity index (χ1) is 6.65. The summed E-state index contributed by atoms with van der Waals surface area (Å²) in [6.45, 7) is 1.62. The van der Waals surface area contributed by atoms with E-state index in [9.17, 15) is 10.1 Å². The molecule has 0 atom stereocenters. The van der Waals surface area contributed by atoms with E-state index in [0.717, 1.165) is 5.56 Å². The molecule has 0 aliphatic carbocycles. The fourth-order valence-electron chi connectivity index (χ4n) is 1.00. The van der Waals surface area contributed by atoms with E-state index < -0.39 is 4.92 Å². The third-order valence-corrected chi connectivity index (χ3v) is 1.90. The van der Waals surface area contributed by atoms with E-state index in [1.807, 2.05) is 0 Å². The molecule has 0 fully saturated rings. The van der Waals surface area contributed by atoms with Gasteiger partial charge in [-0.3, -0.25) is 15.1 Å². The summed E-state index contributed by atoms with van der Waals surface area (Å²) in [7, 11) is 0. The molecule has 5 heteroatoms. The minimum atomic E-state index is -0.430. The summed E-state index contributed by atoms with van der Waals surface area (Å²) in [6, 6.07) is 1.50. The van der Waals surface area contributed by atoms with Crippen molar-refractivity contribution in [3.63, 3.8) is 0 Å². The minimum Gasteiger partial charge on any atom is -0.258 e. The SMILES string of the molecule is Cc1ncc(C=CCS)cc1[N+](=O)[O-]. The van der Waals surface area contributed by atoms with Gasteiger partial charge in [0.15, 0.2) is 0 Å². The predicted octanol–water partition coefficient (Wildman–Crippen LogP) is 2.24. The molecule has 1 aromatic heterocycles. The molecule has 1 rings (SSSR count). The van der Waals surface area contributed by atoms with Gasteiger partial charge in [0.25, 0.3) is 5.69 Å². The van der Waals surface area contributed by atoms with Crippen LogP contribution in [0.1, 0.15) is 11.3 Å². The van der Waals surface area contributed by atoms with Gasteiger partial charge in [-0.25, -0.2) is 0 Å². The van der Waals surface area contributed by atoms with Crippen LogP contribution in [-0.4, -0.2) is 15.7 Å². The number of thiol groups is 1. The molecule has 0 saturated carbocycles. The first kappa shape index (κ1) is 10.7. The minimum absolute atomic E-state index is 0.0475. The van der Waals surface area contributed by atoms with Gasteiger partial charge in [-0.15, -0.1) is 0 Å². The fourth-order valence-corrected chi connectivity index (χ4v) is 1.11. The van der Waals surface area contributed by atoms with E-state index in [4.69, 9.17) is 0 Å². The largest absolute Gasteiger partial charge is 0.291 e. The van der Waals surface area contributed by atoms with Crippen LogP contribution < -0.4 is 0 Å². The Labute approximate surface area is 87.2 Å². The van der Waals surface area contributed by atoms with E-state index in [2.05, 4.69) is 17.6 Å². The van der Waals surface area contributed by atoms with Crippen LogP contribution in [-0.2, 0) is 0 Å². The lowest BCUT2D eigenvalue weighted by Gasteiger charge is -1.97. The third-order valence-electron chi connectivity index (χ3n) is 1.69. The fraction of sp³-hybridized carbons (Fsp3) is 0.222. The van der Waals surface area contributed by atoms with Crippen molar-refractivity contribution >= 4 is 24.4 Å². The summed E-state index contributed by atoms with van der Waals surface area (Å²) in [5.74, 6) is 0.599. The zero-order valence-corrected chi connectivity index (χ0v) is 8.57. The molecule has 0 amide bonds. The Morgan fingerprint density at radius 3 is 3.00 bits per heavy atom. The molecule has 0 spiro atoms. The Morgan fingerprint density at radius 2 is 2.43 bits per heavy atom. The molecule has 0 aliphatic rings. The second-order valence-corrected chi connectivity index (χ2v) is 3.08. The number of hydrogen-bond donors (Lipinski definition) is 1. The van der Waals surface area contributed by atoms with Crippen molar-refractivity contribution in [3.8, 4) is 0 Å². The number of hydrogen-bond acceptors (Lipinski definition) is 4. The zero-order chi connectivity index (χ0) is 10.6. The number of nitrogens with zero attached hydrogens (tertiary/aromatic N) is 2. The summed E-state index contributed by atoms with van der Waals surface area (Å²) in [4.78, 5) is 14.1. The monoisotopic (exact) mass is 210 g/mol. The topological polar surface area (TPSA) is 56.0 Å². The molecule has 4 nitrogen and oxygen atoms in total. The molecule has 1 aromatic rings. The van der Waals surface area contributed by atoms with Gasteiger partial charge in [0.2, 0.25) is 0 Å². The van der Waals surface area contributed by atoms with Gasteiger partial charge < -0.3 is 0 Å². The highest BCUT2D eigenvalue weighted by Gasteiger charge is 2.10. The van der Waals surface area contributed by atoms with E-state index in [0.29, 0.717) is 11.4 Å². The van der Waals surface area contributed by atoms with Crippen molar-refractivity contribution in [1.29, 1.82) is 0 Å². The van der Waals surface area contributed by atoms with Crippen molar-refractivity contribution < 1.29 is 4.92 Å². The molecule has 0 bridgehead atoms. The van der Waals surface area contributed by atoms with Crippen molar-refractivity contribution in [2.45, 2.75) is 6.92 Å². The Balaban J connectivity index is 3.06. The van der Waals surface area contributed by atoms with Crippen LogP contribution in [0.3, 0.4) is 0 Å². The molecule has 14 heavy (non-hydrogen) atoms. The number of aromatic nitrogens is 1. The third kappa shape index (κ3) is 2.56. The van der Waals surface area contributed by atoms with Gasteiger partial charge in [-0.05, 0) is 12.5 Å². The van der Waals surface area contributed by atoms with Crippen molar-refractivity contribution in [3.05, 3.63) is 39.7 Å². The Bertz CT molecular complexity index is 377. The number of rotatable bonds is 3. The van der Waals surface area contributed by atoms with E-state index in [-0.39, 0.29) is 5.69 Å².